The van der Waals surface area contributed by atoms with Crippen molar-refractivity contribution in [2.75, 3.05) is 26.2 Å². The lowest BCUT2D eigenvalue weighted by Gasteiger charge is -2.61. The first kappa shape index (κ1) is 15.8. The standard InChI is InChI=1S/C19H29N5O/c25-18(1-2-24-14-20-13-21-24)22-3-5-23(6-4-22)19-10-15-7-16(11-19)9-17(8-15)12-19/h13-17H,1-12H2. The van der Waals surface area contributed by atoms with Crippen molar-refractivity contribution < 1.29 is 4.79 Å². The molecule has 0 radical (unpaired) electrons. The van der Waals surface area contributed by atoms with E-state index in [0.29, 0.717) is 18.5 Å². The van der Waals surface area contributed by atoms with Gasteiger partial charge < -0.3 is 4.90 Å². The fraction of sp³-hybridized carbons (Fsp3) is 0.842. The molecule has 0 unspecified atom stereocenters. The highest BCUT2D eigenvalue weighted by Crippen LogP contribution is 2.57. The van der Waals surface area contributed by atoms with Crippen molar-refractivity contribution in [2.45, 2.75) is 57.0 Å². The van der Waals surface area contributed by atoms with Gasteiger partial charge in [-0.3, -0.25) is 14.4 Å². The van der Waals surface area contributed by atoms with Crippen molar-refractivity contribution >= 4 is 5.91 Å². The van der Waals surface area contributed by atoms with Crippen LogP contribution in [0.3, 0.4) is 0 Å². The average molecular weight is 343 g/mol. The van der Waals surface area contributed by atoms with Gasteiger partial charge in [-0.25, -0.2) is 4.98 Å². The molecular formula is C19H29N5O. The predicted molar refractivity (Wildman–Crippen MR) is 93.7 cm³/mol. The minimum Gasteiger partial charge on any atom is -0.340 e. The Morgan fingerprint density at radius 1 is 1.00 bits per heavy atom. The van der Waals surface area contributed by atoms with E-state index in [1.54, 1.807) is 11.0 Å². The zero-order valence-corrected chi connectivity index (χ0v) is 15.0. The number of hydrogen-bond donors (Lipinski definition) is 0. The molecule has 2 heterocycles. The van der Waals surface area contributed by atoms with Crippen molar-refractivity contribution in [1.29, 1.82) is 0 Å². The topological polar surface area (TPSA) is 54.3 Å². The molecular weight excluding hydrogens is 314 g/mol. The van der Waals surface area contributed by atoms with Crippen LogP contribution in [0, 0.1) is 17.8 Å². The fourth-order valence-corrected chi connectivity index (χ4v) is 6.60. The van der Waals surface area contributed by atoms with Gasteiger partial charge in [0.15, 0.2) is 0 Å². The van der Waals surface area contributed by atoms with Crippen molar-refractivity contribution in [3.05, 3.63) is 12.7 Å². The molecule has 4 bridgehead atoms. The molecule has 0 N–H and O–H groups in total. The first-order valence-electron chi connectivity index (χ1n) is 10.1. The van der Waals surface area contributed by atoms with E-state index < -0.39 is 0 Å². The molecule has 4 saturated carbocycles. The van der Waals surface area contributed by atoms with Gasteiger partial charge in [-0.2, -0.15) is 5.10 Å². The molecule has 0 spiro atoms. The van der Waals surface area contributed by atoms with E-state index in [1.165, 1.54) is 44.9 Å². The number of amides is 1. The Kier molecular flexibility index (Phi) is 3.84. The van der Waals surface area contributed by atoms with Gasteiger partial charge in [0.1, 0.15) is 12.7 Å². The maximum Gasteiger partial charge on any atom is 0.224 e. The molecule has 5 fully saturated rings. The summed E-state index contributed by atoms with van der Waals surface area (Å²) in [7, 11) is 0. The Labute approximate surface area is 149 Å². The van der Waals surface area contributed by atoms with Crippen molar-refractivity contribution in [3.8, 4) is 0 Å². The van der Waals surface area contributed by atoms with E-state index in [1.807, 2.05) is 0 Å². The Morgan fingerprint density at radius 3 is 2.20 bits per heavy atom. The molecule has 6 rings (SSSR count). The van der Waals surface area contributed by atoms with Crippen LogP contribution in [0.25, 0.3) is 0 Å². The summed E-state index contributed by atoms with van der Waals surface area (Å²) in [6.07, 6.45) is 12.5. The molecule has 0 aromatic carbocycles. The van der Waals surface area contributed by atoms with Gasteiger partial charge >= 0.3 is 0 Å². The van der Waals surface area contributed by atoms with Crippen molar-refractivity contribution in [1.82, 2.24) is 24.6 Å². The first-order chi connectivity index (χ1) is 12.2. The van der Waals surface area contributed by atoms with Crippen LogP contribution in [0.2, 0.25) is 0 Å². The predicted octanol–water partition coefficient (Wildman–Crippen LogP) is 1.78. The number of hydrogen-bond acceptors (Lipinski definition) is 4. The molecule has 6 nitrogen and oxygen atoms in total. The number of carbonyl (C=O) groups excluding carboxylic acids is 1. The van der Waals surface area contributed by atoms with Crippen LogP contribution in [0.1, 0.15) is 44.9 Å². The number of aromatic nitrogens is 3. The molecule has 6 heteroatoms. The summed E-state index contributed by atoms with van der Waals surface area (Å²) in [6, 6.07) is 0. The maximum absolute atomic E-state index is 12.5. The second-order valence-corrected chi connectivity index (χ2v) is 8.92. The molecule has 1 aromatic heterocycles. The van der Waals surface area contributed by atoms with E-state index in [-0.39, 0.29) is 5.91 Å². The van der Waals surface area contributed by atoms with Crippen LogP contribution in [-0.4, -0.2) is 62.2 Å². The number of rotatable bonds is 4. The van der Waals surface area contributed by atoms with Crippen LogP contribution in [-0.2, 0) is 11.3 Å². The number of carbonyl (C=O) groups is 1. The molecule has 1 amide bonds. The third-order valence-electron chi connectivity index (χ3n) is 7.33. The minimum absolute atomic E-state index is 0.265. The van der Waals surface area contributed by atoms with Crippen LogP contribution in [0.5, 0.6) is 0 Å². The normalized spacial score (nSPS) is 37.6. The van der Waals surface area contributed by atoms with Crippen LogP contribution in [0.4, 0.5) is 0 Å². The number of nitrogens with zero attached hydrogens (tertiary/aromatic N) is 5. The second-order valence-electron chi connectivity index (χ2n) is 8.92. The molecule has 136 valence electrons. The molecule has 1 saturated heterocycles. The summed E-state index contributed by atoms with van der Waals surface area (Å²) in [5.74, 6) is 3.25. The summed E-state index contributed by atoms with van der Waals surface area (Å²) in [5.41, 5.74) is 0.491. The molecule has 4 aliphatic carbocycles. The van der Waals surface area contributed by atoms with Crippen LogP contribution < -0.4 is 0 Å². The molecule has 1 aliphatic heterocycles. The zero-order chi connectivity index (χ0) is 16.9. The third-order valence-corrected chi connectivity index (χ3v) is 7.33. The van der Waals surface area contributed by atoms with E-state index in [2.05, 4.69) is 19.9 Å². The highest BCUT2D eigenvalue weighted by Gasteiger charge is 2.53. The maximum atomic E-state index is 12.5. The lowest BCUT2D eigenvalue weighted by atomic mass is 9.52. The zero-order valence-electron chi connectivity index (χ0n) is 15.0. The highest BCUT2D eigenvalue weighted by molar-refractivity contribution is 5.76. The third kappa shape index (κ3) is 2.88. The summed E-state index contributed by atoms with van der Waals surface area (Å²) >= 11 is 0. The summed E-state index contributed by atoms with van der Waals surface area (Å²) < 4.78 is 1.74. The Bertz CT molecular complexity index is 584. The molecule has 0 atom stereocenters. The number of piperazine rings is 1. The van der Waals surface area contributed by atoms with Crippen LogP contribution >= 0.6 is 0 Å². The summed E-state index contributed by atoms with van der Waals surface area (Å²) in [6.45, 7) is 4.58. The van der Waals surface area contributed by atoms with Gasteiger partial charge in [-0.1, -0.05) is 0 Å². The van der Waals surface area contributed by atoms with Gasteiger partial charge in [0.25, 0.3) is 0 Å². The van der Waals surface area contributed by atoms with E-state index in [0.717, 1.165) is 43.9 Å². The highest BCUT2D eigenvalue weighted by atomic mass is 16.2. The smallest absolute Gasteiger partial charge is 0.224 e. The largest absolute Gasteiger partial charge is 0.340 e. The lowest BCUT2D eigenvalue weighted by Crippen LogP contribution is -2.64. The summed E-state index contributed by atoms with van der Waals surface area (Å²) in [5, 5.41) is 4.08. The van der Waals surface area contributed by atoms with E-state index in [4.69, 9.17) is 0 Å². The van der Waals surface area contributed by atoms with Gasteiger partial charge in [0, 0.05) is 38.1 Å². The first-order valence-corrected chi connectivity index (χ1v) is 10.1. The van der Waals surface area contributed by atoms with E-state index >= 15 is 0 Å². The van der Waals surface area contributed by atoms with Gasteiger partial charge in [-0.15, -0.1) is 0 Å². The van der Waals surface area contributed by atoms with Crippen molar-refractivity contribution in [2.24, 2.45) is 17.8 Å². The second kappa shape index (κ2) is 6.08. The Morgan fingerprint density at radius 2 is 1.64 bits per heavy atom. The van der Waals surface area contributed by atoms with E-state index in [9.17, 15) is 4.79 Å². The minimum atomic E-state index is 0.265. The fourth-order valence-electron chi connectivity index (χ4n) is 6.60. The molecule has 5 aliphatic rings. The Hall–Kier alpha value is -1.43. The molecule has 1 aromatic rings. The van der Waals surface area contributed by atoms with Gasteiger partial charge in [0.05, 0.1) is 6.54 Å². The lowest BCUT2D eigenvalue weighted by molar-refractivity contribution is -0.138. The average Bonchev–Trinajstić information content (AvgIpc) is 3.12. The van der Waals surface area contributed by atoms with Crippen molar-refractivity contribution in [3.63, 3.8) is 0 Å². The summed E-state index contributed by atoms with van der Waals surface area (Å²) in [4.78, 5) is 21.3. The quantitative estimate of drug-likeness (QED) is 0.836. The number of aryl methyl sites for hydroxylation is 1. The van der Waals surface area contributed by atoms with Gasteiger partial charge in [-0.05, 0) is 56.3 Å². The van der Waals surface area contributed by atoms with Gasteiger partial charge in [0.2, 0.25) is 5.91 Å². The Balaban J connectivity index is 1.17. The SMILES string of the molecule is O=C(CCn1cncn1)N1CCN(C23CC4CC(CC(C4)C2)C3)CC1. The van der Waals surface area contributed by atoms with Crippen LogP contribution in [0.15, 0.2) is 12.7 Å². The molecule has 25 heavy (non-hydrogen) atoms. The monoisotopic (exact) mass is 343 g/mol.